The first-order chi connectivity index (χ1) is 14.5. The molecular weight excluding hydrogens is 376 g/mol. The molecule has 0 bridgehead atoms. The molecule has 3 heterocycles. The minimum absolute atomic E-state index is 0.0380. The molecule has 2 aliphatic heterocycles. The van der Waals surface area contributed by atoms with Gasteiger partial charge in [0.15, 0.2) is 5.69 Å². The molecule has 0 spiro atoms. The summed E-state index contributed by atoms with van der Waals surface area (Å²) in [6.07, 6.45) is 5.38. The number of piperidine rings is 2. The molecule has 2 aromatic rings. The number of amides is 2. The summed E-state index contributed by atoms with van der Waals surface area (Å²) >= 11 is 0. The molecule has 0 aliphatic carbocycles. The Labute approximate surface area is 178 Å². The predicted octanol–water partition coefficient (Wildman–Crippen LogP) is 3.20. The Kier molecular flexibility index (Phi) is 6.21. The van der Waals surface area contributed by atoms with E-state index >= 15 is 0 Å². The van der Waals surface area contributed by atoms with Crippen LogP contribution in [0.2, 0.25) is 0 Å². The summed E-state index contributed by atoms with van der Waals surface area (Å²) in [7, 11) is 1.87. The fourth-order valence-corrected chi connectivity index (χ4v) is 4.94. The van der Waals surface area contributed by atoms with E-state index in [1.807, 2.05) is 48.0 Å². The minimum Gasteiger partial charge on any atom is -0.342 e. The number of hydrogen-bond donors (Lipinski definition) is 0. The van der Waals surface area contributed by atoms with Gasteiger partial charge >= 0.3 is 0 Å². The van der Waals surface area contributed by atoms with Crippen LogP contribution in [0.5, 0.6) is 0 Å². The Hall–Kier alpha value is -2.63. The summed E-state index contributed by atoms with van der Waals surface area (Å²) in [4.78, 5) is 29.9. The Morgan fingerprint density at radius 3 is 2.67 bits per heavy atom. The molecule has 30 heavy (non-hydrogen) atoms. The quantitative estimate of drug-likeness (QED) is 0.763. The lowest BCUT2D eigenvalue weighted by Crippen LogP contribution is -2.56. The Balaban J connectivity index is 1.32. The summed E-state index contributed by atoms with van der Waals surface area (Å²) in [6, 6.07) is 12.4. The summed E-state index contributed by atoms with van der Waals surface area (Å²) < 4.78 is 1.76. The number of fused-ring (bicyclic) bond motifs is 1. The lowest BCUT2D eigenvalue weighted by Gasteiger charge is -2.47. The van der Waals surface area contributed by atoms with Crippen molar-refractivity contribution >= 4 is 11.8 Å². The van der Waals surface area contributed by atoms with Gasteiger partial charge in [-0.15, -0.1) is 0 Å². The summed E-state index contributed by atoms with van der Waals surface area (Å²) in [5, 5.41) is 4.39. The van der Waals surface area contributed by atoms with Gasteiger partial charge in [-0.1, -0.05) is 30.3 Å². The maximum Gasteiger partial charge on any atom is 0.274 e. The highest BCUT2D eigenvalue weighted by molar-refractivity contribution is 5.92. The van der Waals surface area contributed by atoms with Crippen LogP contribution in [-0.2, 0) is 18.3 Å². The zero-order chi connectivity index (χ0) is 21.1. The van der Waals surface area contributed by atoms with Crippen LogP contribution in [0, 0.1) is 12.8 Å². The van der Waals surface area contributed by atoms with Crippen molar-refractivity contribution in [1.29, 1.82) is 0 Å². The van der Waals surface area contributed by atoms with Gasteiger partial charge < -0.3 is 9.80 Å². The number of benzene rings is 1. The number of likely N-dealkylation sites (tertiary alicyclic amines) is 2. The second kappa shape index (κ2) is 9.02. The lowest BCUT2D eigenvalue weighted by molar-refractivity contribution is -0.134. The first-order valence-corrected chi connectivity index (χ1v) is 11.2. The highest BCUT2D eigenvalue weighted by Gasteiger charge is 2.39. The lowest BCUT2D eigenvalue weighted by atomic mass is 9.83. The Bertz CT molecular complexity index is 872. The van der Waals surface area contributed by atoms with Crippen molar-refractivity contribution in [3.63, 3.8) is 0 Å². The van der Waals surface area contributed by atoms with Gasteiger partial charge in [-0.3, -0.25) is 14.3 Å². The Morgan fingerprint density at radius 1 is 1.13 bits per heavy atom. The number of rotatable bonds is 5. The van der Waals surface area contributed by atoms with Crippen LogP contribution in [0.3, 0.4) is 0 Å². The monoisotopic (exact) mass is 408 g/mol. The van der Waals surface area contributed by atoms with E-state index < -0.39 is 0 Å². The van der Waals surface area contributed by atoms with Crippen LogP contribution < -0.4 is 0 Å². The maximum absolute atomic E-state index is 13.1. The zero-order valence-corrected chi connectivity index (χ0v) is 18.1. The molecule has 0 N–H and O–H groups in total. The van der Waals surface area contributed by atoms with Crippen molar-refractivity contribution in [1.82, 2.24) is 19.6 Å². The van der Waals surface area contributed by atoms with E-state index in [-0.39, 0.29) is 17.9 Å². The third-order valence-corrected chi connectivity index (χ3v) is 6.71. The average Bonchev–Trinajstić information content (AvgIpc) is 3.11. The van der Waals surface area contributed by atoms with E-state index in [2.05, 4.69) is 17.2 Å². The SMILES string of the molecule is Cc1cc(C(=O)N2CCC[C@@H]3CN(C(=O)CCCc4ccccc4)CC[C@@H]32)nn1C. The highest BCUT2D eigenvalue weighted by atomic mass is 16.2. The smallest absolute Gasteiger partial charge is 0.274 e. The van der Waals surface area contributed by atoms with Gasteiger partial charge in [-0.05, 0) is 56.6 Å². The molecule has 2 saturated heterocycles. The minimum atomic E-state index is 0.0380. The second-order valence-electron chi connectivity index (χ2n) is 8.73. The zero-order valence-electron chi connectivity index (χ0n) is 18.1. The van der Waals surface area contributed by atoms with Crippen molar-refractivity contribution in [3.05, 3.63) is 53.3 Å². The Morgan fingerprint density at radius 2 is 1.93 bits per heavy atom. The van der Waals surface area contributed by atoms with E-state index in [0.717, 1.165) is 57.4 Å². The van der Waals surface area contributed by atoms with Crippen molar-refractivity contribution in [3.8, 4) is 0 Å². The van der Waals surface area contributed by atoms with Crippen molar-refractivity contribution < 1.29 is 9.59 Å². The molecule has 6 nitrogen and oxygen atoms in total. The molecule has 2 aliphatic rings. The maximum atomic E-state index is 13.1. The van der Waals surface area contributed by atoms with Crippen LogP contribution in [0.25, 0.3) is 0 Å². The van der Waals surface area contributed by atoms with Crippen molar-refractivity contribution in [2.75, 3.05) is 19.6 Å². The van der Waals surface area contributed by atoms with Crippen LogP contribution in [0.15, 0.2) is 36.4 Å². The van der Waals surface area contributed by atoms with Gasteiger partial charge in [0.25, 0.3) is 5.91 Å². The first-order valence-electron chi connectivity index (χ1n) is 11.2. The molecular formula is C24H32N4O2. The number of carbonyl (C=O) groups excluding carboxylic acids is 2. The van der Waals surface area contributed by atoms with Gasteiger partial charge in [0.2, 0.25) is 5.91 Å². The van der Waals surface area contributed by atoms with E-state index in [1.165, 1.54) is 5.56 Å². The fraction of sp³-hybridized carbons (Fsp3) is 0.542. The molecule has 0 saturated carbocycles. The number of hydrogen-bond acceptors (Lipinski definition) is 3. The number of aryl methyl sites for hydroxylation is 3. The van der Waals surface area contributed by atoms with E-state index in [9.17, 15) is 9.59 Å². The van der Waals surface area contributed by atoms with E-state index in [0.29, 0.717) is 18.0 Å². The fourth-order valence-electron chi connectivity index (χ4n) is 4.94. The van der Waals surface area contributed by atoms with Gasteiger partial charge in [0.05, 0.1) is 0 Å². The highest BCUT2D eigenvalue weighted by Crippen LogP contribution is 2.32. The molecule has 2 amide bonds. The molecule has 6 heteroatoms. The molecule has 0 unspecified atom stereocenters. The standard InChI is InChI=1S/C24H32N4O2/c1-18-16-21(25-26(18)2)24(30)28-14-7-11-20-17-27(15-13-22(20)28)23(29)12-6-10-19-8-4-3-5-9-19/h3-5,8-9,16,20,22H,6-7,10-15,17H2,1-2H3/t20-,22+/m1/s1. The third kappa shape index (κ3) is 4.42. The summed E-state index contributed by atoms with van der Waals surface area (Å²) in [6.45, 7) is 4.28. The van der Waals surface area contributed by atoms with Crippen molar-refractivity contribution in [2.45, 2.75) is 51.5 Å². The number of carbonyl (C=O) groups is 2. The van der Waals surface area contributed by atoms with Crippen LogP contribution in [-0.4, -0.2) is 57.1 Å². The molecule has 2 fully saturated rings. The van der Waals surface area contributed by atoms with Gasteiger partial charge in [0, 0.05) is 44.8 Å². The number of nitrogens with zero attached hydrogens (tertiary/aromatic N) is 4. The average molecular weight is 409 g/mol. The van der Waals surface area contributed by atoms with Gasteiger partial charge in [-0.2, -0.15) is 5.10 Å². The summed E-state index contributed by atoms with van der Waals surface area (Å²) in [5.74, 6) is 0.670. The van der Waals surface area contributed by atoms with Crippen LogP contribution in [0.4, 0.5) is 0 Å². The second-order valence-corrected chi connectivity index (χ2v) is 8.73. The third-order valence-electron chi connectivity index (χ3n) is 6.71. The van der Waals surface area contributed by atoms with Crippen molar-refractivity contribution in [2.24, 2.45) is 13.0 Å². The topological polar surface area (TPSA) is 58.4 Å². The van der Waals surface area contributed by atoms with Crippen LogP contribution >= 0.6 is 0 Å². The molecule has 0 radical (unpaired) electrons. The largest absolute Gasteiger partial charge is 0.342 e. The first kappa shape index (κ1) is 20.6. The van der Waals surface area contributed by atoms with Crippen LogP contribution in [0.1, 0.15) is 53.8 Å². The summed E-state index contributed by atoms with van der Waals surface area (Å²) in [5.41, 5.74) is 2.81. The number of aromatic nitrogens is 2. The molecule has 2 atom stereocenters. The molecule has 1 aromatic heterocycles. The predicted molar refractivity (Wildman–Crippen MR) is 116 cm³/mol. The normalized spacial score (nSPS) is 21.4. The molecule has 4 rings (SSSR count). The van der Waals surface area contributed by atoms with E-state index in [1.54, 1.807) is 4.68 Å². The molecule has 1 aromatic carbocycles. The van der Waals surface area contributed by atoms with Gasteiger partial charge in [-0.25, -0.2) is 0 Å². The molecule has 160 valence electrons. The van der Waals surface area contributed by atoms with E-state index in [4.69, 9.17) is 0 Å². The van der Waals surface area contributed by atoms with Gasteiger partial charge in [0.1, 0.15) is 0 Å².